The van der Waals surface area contributed by atoms with E-state index in [1.807, 2.05) is 12.1 Å². The first-order valence-electron chi connectivity index (χ1n) is 8.48. The van der Waals surface area contributed by atoms with E-state index in [9.17, 15) is 13.2 Å². The Balaban J connectivity index is 1.67. The van der Waals surface area contributed by atoms with E-state index in [1.165, 1.54) is 44.1 Å². The van der Waals surface area contributed by atoms with Crippen LogP contribution < -0.4 is 0 Å². The molecule has 130 valence electrons. The molecular weight excluding hydrogens is 317 g/mol. The minimum absolute atomic E-state index is 0.0273. The monoisotopic (exact) mass is 338 g/mol. The van der Waals surface area contributed by atoms with Gasteiger partial charge in [0.25, 0.3) is 0 Å². The number of nitrogens with zero attached hydrogens (tertiary/aromatic N) is 2. The Hall–Kier alpha value is -1.85. The second-order valence-corrected chi connectivity index (χ2v) is 6.55. The molecule has 0 saturated heterocycles. The van der Waals surface area contributed by atoms with E-state index < -0.39 is 12.1 Å². The number of rotatable bonds is 4. The summed E-state index contributed by atoms with van der Waals surface area (Å²) < 4.78 is 41.8. The zero-order valence-electron chi connectivity index (χ0n) is 13.6. The van der Waals surface area contributed by atoms with Crippen molar-refractivity contribution in [3.63, 3.8) is 0 Å². The van der Waals surface area contributed by atoms with Gasteiger partial charge in [-0.2, -0.15) is 18.2 Å². The summed E-state index contributed by atoms with van der Waals surface area (Å²) in [6.07, 6.45) is 2.84. The van der Waals surface area contributed by atoms with Crippen LogP contribution in [0.4, 0.5) is 13.2 Å². The van der Waals surface area contributed by atoms with Gasteiger partial charge in [0.2, 0.25) is 5.82 Å². The van der Waals surface area contributed by atoms with Crippen LogP contribution in [0.25, 0.3) is 11.4 Å². The number of aromatic nitrogens is 2. The van der Waals surface area contributed by atoms with Gasteiger partial charge in [0, 0.05) is 5.56 Å². The van der Waals surface area contributed by atoms with Crippen molar-refractivity contribution in [1.29, 1.82) is 0 Å². The SMILES string of the molecule is CCCC1CCC(c2ccc(-c3noc(C(F)(F)F)n3)cc2)CC1. The van der Waals surface area contributed by atoms with Gasteiger partial charge in [-0.1, -0.05) is 49.2 Å². The lowest BCUT2D eigenvalue weighted by molar-refractivity contribution is -0.159. The first kappa shape index (κ1) is 17.0. The number of hydrogen-bond donors (Lipinski definition) is 0. The molecule has 0 bridgehead atoms. The van der Waals surface area contributed by atoms with Crippen LogP contribution in [-0.2, 0) is 6.18 Å². The molecule has 3 rings (SSSR count). The van der Waals surface area contributed by atoms with Gasteiger partial charge in [0.05, 0.1) is 0 Å². The van der Waals surface area contributed by atoms with E-state index in [0.29, 0.717) is 11.5 Å². The molecule has 0 aliphatic heterocycles. The molecule has 1 aromatic carbocycles. The summed E-state index contributed by atoms with van der Waals surface area (Å²) in [5, 5.41) is 3.42. The van der Waals surface area contributed by atoms with Crippen molar-refractivity contribution >= 4 is 0 Å². The van der Waals surface area contributed by atoms with Crippen molar-refractivity contribution in [2.75, 3.05) is 0 Å². The van der Waals surface area contributed by atoms with Crippen molar-refractivity contribution in [3.05, 3.63) is 35.7 Å². The zero-order valence-corrected chi connectivity index (χ0v) is 13.6. The smallest absolute Gasteiger partial charge is 0.329 e. The second kappa shape index (κ2) is 6.95. The Morgan fingerprint density at radius 2 is 1.75 bits per heavy atom. The summed E-state index contributed by atoms with van der Waals surface area (Å²) in [6.45, 7) is 2.23. The lowest BCUT2D eigenvalue weighted by atomic mass is 9.77. The Bertz CT molecular complexity index is 656. The minimum atomic E-state index is -4.61. The van der Waals surface area contributed by atoms with Crippen molar-refractivity contribution in [2.45, 2.75) is 57.5 Å². The Kier molecular flexibility index (Phi) is 4.92. The summed E-state index contributed by atoms with van der Waals surface area (Å²) in [5.74, 6) is 0.0603. The third-order valence-electron chi connectivity index (χ3n) is 4.85. The number of benzene rings is 1. The normalized spacial score (nSPS) is 21.8. The van der Waals surface area contributed by atoms with Gasteiger partial charge in [-0.25, -0.2) is 0 Å². The predicted molar refractivity (Wildman–Crippen MR) is 84.3 cm³/mol. The first-order valence-corrected chi connectivity index (χ1v) is 8.48. The van der Waals surface area contributed by atoms with Crippen molar-refractivity contribution in [2.24, 2.45) is 5.92 Å². The van der Waals surface area contributed by atoms with E-state index in [2.05, 4.69) is 21.6 Å². The van der Waals surface area contributed by atoms with Crippen LogP contribution in [0.15, 0.2) is 28.8 Å². The van der Waals surface area contributed by atoms with Gasteiger partial charge < -0.3 is 4.52 Å². The highest BCUT2D eigenvalue weighted by atomic mass is 19.4. The fourth-order valence-corrected chi connectivity index (χ4v) is 3.55. The third-order valence-corrected chi connectivity index (χ3v) is 4.85. The number of alkyl halides is 3. The van der Waals surface area contributed by atoms with Crippen LogP contribution in [0.3, 0.4) is 0 Å². The van der Waals surface area contributed by atoms with Gasteiger partial charge in [0.1, 0.15) is 0 Å². The van der Waals surface area contributed by atoms with Gasteiger partial charge >= 0.3 is 12.1 Å². The topological polar surface area (TPSA) is 38.9 Å². The summed E-state index contributed by atoms with van der Waals surface area (Å²) in [7, 11) is 0. The number of halogens is 3. The van der Waals surface area contributed by atoms with Gasteiger partial charge in [-0.3, -0.25) is 0 Å². The Morgan fingerprint density at radius 3 is 2.29 bits per heavy atom. The van der Waals surface area contributed by atoms with E-state index in [1.54, 1.807) is 12.1 Å². The molecule has 0 atom stereocenters. The fraction of sp³-hybridized carbons (Fsp3) is 0.556. The Labute approximate surface area is 139 Å². The molecule has 0 N–H and O–H groups in total. The predicted octanol–water partition coefficient (Wildman–Crippen LogP) is 5.83. The highest BCUT2D eigenvalue weighted by Crippen LogP contribution is 2.38. The molecule has 0 amide bonds. The van der Waals surface area contributed by atoms with Crippen molar-refractivity contribution in [1.82, 2.24) is 10.1 Å². The molecule has 2 aromatic rings. The summed E-state index contributed by atoms with van der Waals surface area (Å²) in [4.78, 5) is 3.42. The fourth-order valence-electron chi connectivity index (χ4n) is 3.55. The molecule has 3 nitrogen and oxygen atoms in total. The lowest BCUT2D eigenvalue weighted by Crippen LogP contribution is -2.13. The summed E-state index contributed by atoms with van der Waals surface area (Å²) in [5.41, 5.74) is 1.78. The van der Waals surface area contributed by atoms with Crippen LogP contribution in [0.2, 0.25) is 0 Å². The van der Waals surface area contributed by atoms with E-state index in [-0.39, 0.29) is 5.82 Å². The first-order chi connectivity index (χ1) is 11.5. The van der Waals surface area contributed by atoms with Gasteiger partial charge in [0.15, 0.2) is 0 Å². The van der Waals surface area contributed by atoms with Crippen molar-refractivity contribution in [3.8, 4) is 11.4 Å². The molecule has 1 aromatic heterocycles. The van der Waals surface area contributed by atoms with Gasteiger partial charge in [-0.15, -0.1) is 0 Å². The molecule has 0 spiro atoms. The molecule has 1 aliphatic carbocycles. The molecular formula is C18H21F3N2O. The van der Waals surface area contributed by atoms with E-state index in [4.69, 9.17) is 0 Å². The van der Waals surface area contributed by atoms with Crippen molar-refractivity contribution < 1.29 is 17.7 Å². The molecule has 1 fully saturated rings. The highest BCUT2D eigenvalue weighted by molar-refractivity contribution is 5.55. The maximum absolute atomic E-state index is 12.5. The molecule has 6 heteroatoms. The maximum Gasteiger partial charge on any atom is 0.471 e. The molecule has 24 heavy (non-hydrogen) atoms. The van der Waals surface area contributed by atoms with Crippen LogP contribution in [-0.4, -0.2) is 10.1 Å². The summed E-state index contributed by atoms with van der Waals surface area (Å²) in [6, 6.07) is 7.50. The van der Waals surface area contributed by atoms with Crippen LogP contribution in [0.5, 0.6) is 0 Å². The average Bonchev–Trinajstić information content (AvgIpc) is 3.06. The molecule has 1 saturated carbocycles. The number of hydrogen-bond acceptors (Lipinski definition) is 3. The quantitative estimate of drug-likeness (QED) is 0.704. The lowest BCUT2D eigenvalue weighted by Gasteiger charge is -2.28. The largest absolute Gasteiger partial charge is 0.471 e. The summed E-state index contributed by atoms with van der Waals surface area (Å²) >= 11 is 0. The zero-order chi connectivity index (χ0) is 17.2. The third kappa shape index (κ3) is 3.79. The molecule has 0 radical (unpaired) electrons. The Morgan fingerprint density at radius 1 is 1.08 bits per heavy atom. The molecule has 1 heterocycles. The molecule has 0 unspecified atom stereocenters. The molecule has 1 aliphatic rings. The minimum Gasteiger partial charge on any atom is -0.329 e. The maximum atomic E-state index is 12.5. The van der Waals surface area contributed by atoms with E-state index in [0.717, 1.165) is 5.92 Å². The standard InChI is InChI=1S/C18H21F3N2O/c1-2-3-12-4-6-13(7-5-12)14-8-10-15(11-9-14)16-22-17(24-23-16)18(19,20)21/h8-13H,2-7H2,1H3. The van der Waals surface area contributed by atoms with E-state index >= 15 is 0 Å². The highest BCUT2D eigenvalue weighted by Gasteiger charge is 2.38. The van der Waals surface area contributed by atoms with Gasteiger partial charge in [-0.05, 0) is 43.1 Å². The van der Waals surface area contributed by atoms with Crippen LogP contribution >= 0.6 is 0 Å². The van der Waals surface area contributed by atoms with Crippen LogP contribution in [0.1, 0.15) is 62.8 Å². The average molecular weight is 338 g/mol. The van der Waals surface area contributed by atoms with Crippen LogP contribution in [0, 0.1) is 5.92 Å². The second-order valence-electron chi connectivity index (χ2n) is 6.55.